The number of benzene rings is 3. The van der Waals surface area contributed by atoms with Gasteiger partial charge < -0.3 is 0 Å². The summed E-state index contributed by atoms with van der Waals surface area (Å²) in [4.78, 5) is 0. The van der Waals surface area contributed by atoms with Gasteiger partial charge in [-0.2, -0.15) is 5.10 Å². The zero-order valence-corrected chi connectivity index (χ0v) is 14.2. The molecule has 122 valence electrons. The topological polar surface area (TPSA) is 24.4 Å². The summed E-state index contributed by atoms with van der Waals surface area (Å²) in [5.74, 6) is 0.322. The summed E-state index contributed by atoms with van der Waals surface area (Å²) in [5.41, 5.74) is 7.93. The van der Waals surface area contributed by atoms with E-state index in [1.165, 1.54) is 27.5 Å². The van der Waals surface area contributed by atoms with E-state index in [4.69, 9.17) is 0 Å². The van der Waals surface area contributed by atoms with Crippen molar-refractivity contribution in [2.24, 2.45) is 5.10 Å². The molecule has 0 radical (unpaired) electrons. The Bertz CT molecular complexity index is 981. The van der Waals surface area contributed by atoms with Crippen molar-refractivity contribution in [1.29, 1.82) is 0 Å². The van der Waals surface area contributed by atoms with Crippen molar-refractivity contribution >= 4 is 22.7 Å². The van der Waals surface area contributed by atoms with Gasteiger partial charge in [0.1, 0.15) is 0 Å². The van der Waals surface area contributed by atoms with Gasteiger partial charge in [-0.15, -0.1) is 0 Å². The first kappa shape index (κ1) is 15.4. The zero-order chi connectivity index (χ0) is 17.1. The first-order valence-corrected chi connectivity index (χ1v) is 8.54. The van der Waals surface area contributed by atoms with Gasteiger partial charge in [0, 0.05) is 11.5 Å². The second-order valence-electron chi connectivity index (χ2n) is 6.30. The maximum absolute atomic E-state index is 4.50. The molecule has 3 aromatic rings. The molecule has 0 aromatic heterocycles. The Labute approximate surface area is 148 Å². The van der Waals surface area contributed by atoms with Crippen molar-refractivity contribution in [3.05, 3.63) is 102 Å². The summed E-state index contributed by atoms with van der Waals surface area (Å²) < 4.78 is 0. The molecular formula is C23H20N2. The fraction of sp³-hybridized carbons (Fsp3) is 0.0870. The Morgan fingerprint density at radius 1 is 0.920 bits per heavy atom. The van der Waals surface area contributed by atoms with E-state index in [1.54, 1.807) is 0 Å². The predicted molar refractivity (Wildman–Crippen MR) is 107 cm³/mol. The number of hydrogen-bond donors (Lipinski definition) is 1. The minimum Gasteiger partial charge on any atom is -0.279 e. The highest BCUT2D eigenvalue weighted by Crippen LogP contribution is 2.34. The van der Waals surface area contributed by atoms with Crippen molar-refractivity contribution in [1.82, 2.24) is 0 Å². The molecule has 0 fully saturated rings. The number of fused-ring (bicyclic) bond motifs is 1. The lowest BCUT2D eigenvalue weighted by Crippen LogP contribution is -2.02. The molecule has 1 atom stereocenters. The van der Waals surface area contributed by atoms with Crippen LogP contribution in [0.25, 0.3) is 10.8 Å². The molecule has 2 nitrogen and oxygen atoms in total. The van der Waals surface area contributed by atoms with E-state index in [1.807, 2.05) is 36.5 Å². The summed E-state index contributed by atoms with van der Waals surface area (Å²) in [6.45, 7) is 2.18. The fourth-order valence-corrected chi connectivity index (χ4v) is 3.33. The molecule has 0 aliphatic heterocycles. The highest BCUT2D eigenvalue weighted by Gasteiger charge is 2.17. The summed E-state index contributed by atoms with van der Waals surface area (Å²) in [6, 6.07) is 22.9. The van der Waals surface area contributed by atoms with Crippen LogP contribution in [0.4, 0.5) is 5.69 Å². The van der Waals surface area contributed by atoms with Gasteiger partial charge in [0.25, 0.3) is 0 Å². The standard InChI is InChI=1S/C23H20N2/c1-17-8-7-13-20(17)22-15-14-18-9-5-6-12-21(18)23(22)16-24-25-19-10-3-2-4-11-19/h2-16,20,25H,1H3. The Kier molecular flexibility index (Phi) is 4.17. The molecule has 2 heteroatoms. The monoisotopic (exact) mass is 324 g/mol. The van der Waals surface area contributed by atoms with E-state index < -0.39 is 0 Å². The Morgan fingerprint density at radius 3 is 2.52 bits per heavy atom. The molecule has 0 spiro atoms. The van der Waals surface area contributed by atoms with Crippen LogP contribution in [0.1, 0.15) is 24.0 Å². The van der Waals surface area contributed by atoms with Crippen molar-refractivity contribution in [3.8, 4) is 0 Å². The number of hydrazone groups is 1. The molecule has 0 saturated carbocycles. The van der Waals surface area contributed by atoms with Crippen LogP contribution < -0.4 is 5.43 Å². The van der Waals surface area contributed by atoms with Crippen LogP contribution in [-0.2, 0) is 0 Å². The average Bonchev–Trinajstić information content (AvgIpc) is 3.08. The van der Waals surface area contributed by atoms with E-state index >= 15 is 0 Å². The first-order chi connectivity index (χ1) is 12.3. The van der Waals surface area contributed by atoms with Gasteiger partial charge in [0.2, 0.25) is 0 Å². The number of allylic oxidation sites excluding steroid dienone is 4. The van der Waals surface area contributed by atoms with Gasteiger partial charge in [-0.3, -0.25) is 5.43 Å². The third-order valence-electron chi connectivity index (χ3n) is 4.65. The summed E-state index contributed by atoms with van der Waals surface area (Å²) in [5, 5.41) is 6.96. The van der Waals surface area contributed by atoms with Gasteiger partial charge in [0.15, 0.2) is 0 Å². The Balaban J connectivity index is 1.76. The molecule has 0 heterocycles. The van der Waals surface area contributed by atoms with E-state index in [-0.39, 0.29) is 0 Å². The van der Waals surface area contributed by atoms with Crippen molar-refractivity contribution in [2.75, 3.05) is 5.43 Å². The molecule has 1 aliphatic rings. The van der Waals surface area contributed by atoms with Gasteiger partial charge in [0.05, 0.1) is 11.9 Å². The van der Waals surface area contributed by atoms with Crippen molar-refractivity contribution in [2.45, 2.75) is 12.8 Å². The van der Waals surface area contributed by atoms with E-state index in [0.717, 1.165) is 5.69 Å². The highest BCUT2D eigenvalue weighted by molar-refractivity contribution is 6.01. The molecule has 0 saturated heterocycles. The van der Waals surface area contributed by atoms with E-state index in [2.05, 4.69) is 72.1 Å². The fourth-order valence-electron chi connectivity index (χ4n) is 3.33. The minimum absolute atomic E-state index is 0.322. The normalized spacial score (nSPS) is 16.5. The van der Waals surface area contributed by atoms with Gasteiger partial charge >= 0.3 is 0 Å². The number of para-hydroxylation sites is 1. The SMILES string of the molecule is CC1=CC=CC1c1ccc2ccccc2c1C=NNc1ccccc1. The van der Waals surface area contributed by atoms with Crippen LogP contribution in [0.15, 0.2) is 95.6 Å². The molecule has 0 amide bonds. The Hall–Kier alpha value is -3.13. The number of anilines is 1. The third kappa shape index (κ3) is 3.11. The van der Waals surface area contributed by atoms with Crippen LogP contribution in [0.5, 0.6) is 0 Å². The van der Waals surface area contributed by atoms with Crippen LogP contribution >= 0.6 is 0 Å². The van der Waals surface area contributed by atoms with E-state index in [9.17, 15) is 0 Å². The van der Waals surface area contributed by atoms with Gasteiger partial charge in [-0.1, -0.05) is 78.4 Å². The first-order valence-electron chi connectivity index (χ1n) is 8.54. The lowest BCUT2D eigenvalue weighted by molar-refractivity contribution is 1.01. The second-order valence-corrected chi connectivity index (χ2v) is 6.30. The molecule has 0 bridgehead atoms. The number of hydrogen-bond acceptors (Lipinski definition) is 2. The average molecular weight is 324 g/mol. The zero-order valence-electron chi connectivity index (χ0n) is 14.2. The number of nitrogens with one attached hydrogen (secondary N) is 1. The number of nitrogens with zero attached hydrogens (tertiary/aromatic N) is 1. The molecule has 4 rings (SSSR count). The Morgan fingerprint density at radius 2 is 1.72 bits per heavy atom. The van der Waals surface area contributed by atoms with Gasteiger partial charge in [-0.05, 0) is 35.4 Å². The van der Waals surface area contributed by atoms with Crippen LogP contribution in [0, 0.1) is 0 Å². The molecule has 1 N–H and O–H groups in total. The molecule has 25 heavy (non-hydrogen) atoms. The summed E-state index contributed by atoms with van der Waals surface area (Å²) in [7, 11) is 0. The number of rotatable bonds is 4. The van der Waals surface area contributed by atoms with Gasteiger partial charge in [-0.25, -0.2) is 0 Å². The quantitative estimate of drug-likeness (QED) is 0.470. The molecular weight excluding hydrogens is 304 g/mol. The summed E-state index contributed by atoms with van der Waals surface area (Å²) in [6.07, 6.45) is 8.52. The molecule has 3 aromatic carbocycles. The lowest BCUT2D eigenvalue weighted by atomic mass is 9.88. The van der Waals surface area contributed by atoms with Crippen molar-refractivity contribution < 1.29 is 0 Å². The van der Waals surface area contributed by atoms with Crippen LogP contribution in [-0.4, -0.2) is 6.21 Å². The van der Waals surface area contributed by atoms with Crippen LogP contribution in [0.3, 0.4) is 0 Å². The maximum atomic E-state index is 4.50. The lowest BCUT2D eigenvalue weighted by Gasteiger charge is -2.16. The highest BCUT2D eigenvalue weighted by atomic mass is 15.3. The van der Waals surface area contributed by atoms with E-state index in [0.29, 0.717) is 5.92 Å². The smallest absolute Gasteiger partial charge is 0.0561 e. The maximum Gasteiger partial charge on any atom is 0.0561 e. The minimum atomic E-state index is 0.322. The van der Waals surface area contributed by atoms with Crippen molar-refractivity contribution in [3.63, 3.8) is 0 Å². The molecule has 1 aliphatic carbocycles. The predicted octanol–water partition coefficient (Wildman–Crippen LogP) is 5.89. The second kappa shape index (κ2) is 6.78. The molecule has 1 unspecified atom stereocenters. The van der Waals surface area contributed by atoms with Crippen LogP contribution in [0.2, 0.25) is 0 Å². The third-order valence-corrected chi connectivity index (χ3v) is 4.65. The largest absolute Gasteiger partial charge is 0.279 e. The summed E-state index contributed by atoms with van der Waals surface area (Å²) >= 11 is 0.